The number of aromatic amines is 1. The minimum atomic E-state index is -0.178. The third-order valence-electron chi connectivity index (χ3n) is 2.82. The van der Waals surface area contributed by atoms with Crippen molar-refractivity contribution in [1.29, 1.82) is 5.41 Å². The van der Waals surface area contributed by atoms with E-state index in [1.807, 2.05) is 12.1 Å². The Balaban J connectivity index is 2.42. The van der Waals surface area contributed by atoms with Crippen LogP contribution in [-0.2, 0) is 0 Å². The van der Waals surface area contributed by atoms with Crippen molar-refractivity contribution >= 4 is 11.5 Å². The number of H-pyrrole nitrogens is 1. The van der Waals surface area contributed by atoms with Gasteiger partial charge < -0.3 is 15.6 Å². The average Bonchev–Trinajstić information content (AvgIpc) is 2.30. The molecule has 0 bridgehead atoms. The Morgan fingerprint density at radius 1 is 1.59 bits per heavy atom. The van der Waals surface area contributed by atoms with Crippen molar-refractivity contribution in [2.24, 2.45) is 10.7 Å². The number of aromatic nitrogens is 1. The second-order valence-electron chi connectivity index (χ2n) is 4.17. The Labute approximate surface area is 100 Å². The zero-order chi connectivity index (χ0) is 12.3. The molecular formula is C12H17N5. The molecule has 0 radical (unpaired) electrons. The molecular weight excluding hydrogens is 214 g/mol. The molecule has 0 aromatic carbocycles. The summed E-state index contributed by atoms with van der Waals surface area (Å²) in [6.07, 6.45) is 4.99. The third kappa shape index (κ3) is 2.82. The summed E-state index contributed by atoms with van der Waals surface area (Å²) in [6, 6.07) is 3.95. The lowest BCUT2D eigenvalue weighted by atomic mass is 10.0. The fourth-order valence-corrected chi connectivity index (χ4v) is 1.92. The van der Waals surface area contributed by atoms with Crippen LogP contribution in [0.5, 0.6) is 0 Å². The van der Waals surface area contributed by atoms with Gasteiger partial charge in [-0.3, -0.25) is 5.41 Å². The molecule has 90 valence electrons. The molecule has 0 atom stereocenters. The summed E-state index contributed by atoms with van der Waals surface area (Å²) in [4.78, 5) is 9.30. The summed E-state index contributed by atoms with van der Waals surface area (Å²) < 4.78 is 0. The average molecular weight is 231 g/mol. The van der Waals surface area contributed by atoms with Gasteiger partial charge in [-0.2, -0.15) is 4.99 Å². The van der Waals surface area contributed by atoms with Crippen LogP contribution in [0.15, 0.2) is 29.4 Å². The number of nitrogens with two attached hydrogens (primary N) is 1. The topological polar surface area (TPSA) is 81.3 Å². The van der Waals surface area contributed by atoms with Gasteiger partial charge in [0.15, 0.2) is 0 Å². The first kappa shape index (κ1) is 11.6. The molecule has 0 aliphatic carbocycles. The van der Waals surface area contributed by atoms with Crippen LogP contribution < -0.4 is 11.2 Å². The van der Waals surface area contributed by atoms with Crippen molar-refractivity contribution in [3.05, 3.63) is 35.5 Å². The molecule has 17 heavy (non-hydrogen) atoms. The smallest absolute Gasteiger partial charge is 0.214 e. The van der Waals surface area contributed by atoms with E-state index >= 15 is 0 Å². The number of nitrogens with one attached hydrogen (secondary N) is 2. The molecule has 0 spiro atoms. The Bertz CT molecular complexity index is 512. The van der Waals surface area contributed by atoms with Crippen LogP contribution in [0.4, 0.5) is 0 Å². The molecule has 1 aliphatic rings. The van der Waals surface area contributed by atoms with E-state index in [9.17, 15) is 0 Å². The zero-order valence-corrected chi connectivity index (χ0v) is 9.90. The summed E-state index contributed by atoms with van der Waals surface area (Å²) >= 11 is 0. The Morgan fingerprint density at radius 3 is 3.06 bits per heavy atom. The lowest BCUT2D eigenvalue weighted by Gasteiger charge is -2.21. The number of likely N-dealkylation sites (N-methyl/N-ethyl adjacent to an activating group) is 1. The minimum Gasteiger partial charge on any atom is -0.368 e. The molecule has 0 saturated heterocycles. The molecule has 1 aromatic heterocycles. The Morgan fingerprint density at radius 2 is 2.41 bits per heavy atom. The van der Waals surface area contributed by atoms with Gasteiger partial charge in [0, 0.05) is 24.8 Å². The van der Waals surface area contributed by atoms with Crippen LogP contribution in [0.25, 0.3) is 5.57 Å². The van der Waals surface area contributed by atoms with Gasteiger partial charge in [-0.05, 0) is 31.2 Å². The quantitative estimate of drug-likeness (QED) is 0.486. The van der Waals surface area contributed by atoms with E-state index in [1.54, 1.807) is 6.20 Å². The summed E-state index contributed by atoms with van der Waals surface area (Å²) in [6.45, 7) is 1.99. The van der Waals surface area contributed by atoms with Crippen LogP contribution in [0.2, 0.25) is 0 Å². The lowest BCUT2D eigenvalue weighted by molar-refractivity contribution is 0.370. The van der Waals surface area contributed by atoms with E-state index in [-0.39, 0.29) is 5.96 Å². The molecule has 0 fully saturated rings. The first-order valence-corrected chi connectivity index (χ1v) is 5.61. The van der Waals surface area contributed by atoms with Gasteiger partial charge in [0.25, 0.3) is 0 Å². The fraction of sp³-hybridized carbons (Fsp3) is 0.333. The molecule has 0 amide bonds. The van der Waals surface area contributed by atoms with Gasteiger partial charge in [-0.1, -0.05) is 6.08 Å². The van der Waals surface area contributed by atoms with Gasteiger partial charge in [-0.25, -0.2) is 0 Å². The van der Waals surface area contributed by atoms with Gasteiger partial charge in [0.2, 0.25) is 5.96 Å². The van der Waals surface area contributed by atoms with Gasteiger partial charge in [0.05, 0.1) is 0 Å². The van der Waals surface area contributed by atoms with E-state index < -0.39 is 0 Å². The standard InChI is InChI=1S/C12H17N5/c1-17-7-4-9(5-8-17)10-3-2-6-15-11(10)16-12(13)14/h2-4,6H,5,7-8H2,1H3,(H4,13,14,15,16). The molecule has 1 aromatic rings. The molecule has 2 rings (SSSR count). The summed E-state index contributed by atoms with van der Waals surface area (Å²) in [5, 5.41) is 7.24. The largest absolute Gasteiger partial charge is 0.368 e. The zero-order valence-electron chi connectivity index (χ0n) is 9.90. The number of hydrogen-bond donors (Lipinski definition) is 3. The van der Waals surface area contributed by atoms with Crippen LogP contribution >= 0.6 is 0 Å². The second-order valence-corrected chi connectivity index (χ2v) is 4.17. The molecule has 5 nitrogen and oxygen atoms in total. The molecule has 4 N–H and O–H groups in total. The highest BCUT2D eigenvalue weighted by Crippen LogP contribution is 2.18. The van der Waals surface area contributed by atoms with Crippen molar-refractivity contribution < 1.29 is 0 Å². The van der Waals surface area contributed by atoms with Crippen molar-refractivity contribution in [3.63, 3.8) is 0 Å². The van der Waals surface area contributed by atoms with Crippen LogP contribution in [0.3, 0.4) is 0 Å². The highest BCUT2D eigenvalue weighted by Gasteiger charge is 2.10. The highest BCUT2D eigenvalue weighted by atomic mass is 15.1. The summed E-state index contributed by atoms with van der Waals surface area (Å²) in [7, 11) is 2.10. The first-order valence-electron chi connectivity index (χ1n) is 5.61. The van der Waals surface area contributed by atoms with Crippen LogP contribution in [-0.4, -0.2) is 36.0 Å². The maximum Gasteiger partial charge on any atom is 0.214 e. The van der Waals surface area contributed by atoms with Gasteiger partial charge in [-0.15, -0.1) is 0 Å². The predicted molar refractivity (Wildman–Crippen MR) is 68.4 cm³/mol. The third-order valence-corrected chi connectivity index (χ3v) is 2.82. The van der Waals surface area contributed by atoms with Crippen molar-refractivity contribution in [2.45, 2.75) is 6.42 Å². The number of guanidine groups is 1. The van der Waals surface area contributed by atoms with E-state index in [0.29, 0.717) is 5.49 Å². The normalized spacial score (nSPS) is 17.9. The summed E-state index contributed by atoms with van der Waals surface area (Å²) in [5.74, 6) is -0.178. The van der Waals surface area contributed by atoms with Gasteiger partial charge >= 0.3 is 0 Å². The van der Waals surface area contributed by atoms with Gasteiger partial charge in [0.1, 0.15) is 5.49 Å². The second kappa shape index (κ2) is 4.97. The van der Waals surface area contributed by atoms with Crippen molar-refractivity contribution in [1.82, 2.24) is 9.88 Å². The maximum absolute atomic E-state index is 7.24. The number of rotatable bonds is 1. The number of pyridine rings is 1. The Hall–Kier alpha value is -1.88. The predicted octanol–water partition coefficient (Wildman–Crippen LogP) is 0.528. The monoisotopic (exact) mass is 231 g/mol. The van der Waals surface area contributed by atoms with E-state index in [4.69, 9.17) is 11.1 Å². The number of nitrogens with zero attached hydrogens (tertiary/aromatic N) is 2. The molecule has 5 heteroatoms. The van der Waals surface area contributed by atoms with Crippen molar-refractivity contribution in [2.75, 3.05) is 20.1 Å². The summed E-state index contributed by atoms with van der Waals surface area (Å²) in [5.41, 5.74) is 8.28. The molecule has 0 saturated carbocycles. The van der Waals surface area contributed by atoms with Crippen LogP contribution in [0.1, 0.15) is 12.0 Å². The SMILES string of the molecule is CN1CC=C(c2ccc[nH]/c2=N\C(=N)N)CC1. The fourth-order valence-electron chi connectivity index (χ4n) is 1.92. The van der Waals surface area contributed by atoms with E-state index in [1.165, 1.54) is 5.57 Å². The molecule has 0 unspecified atom stereocenters. The van der Waals surface area contributed by atoms with E-state index in [0.717, 1.165) is 25.1 Å². The minimum absolute atomic E-state index is 0.178. The van der Waals surface area contributed by atoms with Crippen LogP contribution in [0, 0.1) is 5.41 Å². The maximum atomic E-state index is 7.24. The van der Waals surface area contributed by atoms with Crippen molar-refractivity contribution in [3.8, 4) is 0 Å². The molecule has 2 heterocycles. The lowest BCUT2D eigenvalue weighted by Crippen LogP contribution is -2.26. The molecule has 1 aliphatic heterocycles. The van der Waals surface area contributed by atoms with E-state index in [2.05, 4.69) is 28.0 Å². The Kier molecular flexibility index (Phi) is 3.39. The highest BCUT2D eigenvalue weighted by molar-refractivity contribution is 5.76. The first-order chi connectivity index (χ1) is 8.16. The number of hydrogen-bond acceptors (Lipinski definition) is 2.